The molecular weight excluding hydrogens is 318 g/mol. The Bertz CT molecular complexity index is 574. The molecule has 3 unspecified atom stereocenters. The number of allylic oxidation sites excluding steroid dienone is 1. The standard InChI is InChI=1S/C18H25ClF2N2/c1-11-8-12(2)10-13(9-11)4-7-16(23(3)22)17-15(20)6-5-14(19)18(17)21/h5-6,12-13,16H,1,4,7-10,22H2,2-3H3. The van der Waals surface area contributed by atoms with Gasteiger partial charge in [0.2, 0.25) is 0 Å². The third kappa shape index (κ3) is 4.52. The summed E-state index contributed by atoms with van der Waals surface area (Å²) >= 11 is 5.81. The number of rotatable bonds is 5. The van der Waals surface area contributed by atoms with Crippen LogP contribution in [0.25, 0.3) is 0 Å². The summed E-state index contributed by atoms with van der Waals surface area (Å²) < 4.78 is 28.4. The van der Waals surface area contributed by atoms with E-state index in [4.69, 9.17) is 17.4 Å². The van der Waals surface area contributed by atoms with Crippen molar-refractivity contribution in [3.05, 3.63) is 46.5 Å². The van der Waals surface area contributed by atoms with Crippen molar-refractivity contribution in [3.63, 3.8) is 0 Å². The third-order valence-electron chi connectivity index (χ3n) is 4.70. The van der Waals surface area contributed by atoms with Gasteiger partial charge in [0, 0.05) is 12.6 Å². The topological polar surface area (TPSA) is 29.3 Å². The Morgan fingerprint density at radius 3 is 2.70 bits per heavy atom. The van der Waals surface area contributed by atoms with Crippen molar-refractivity contribution in [2.45, 2.75) is 45.1 Å². The SMILES string of the molecule is C=C1CC(C)CC(CCC(c2c(F)ccc(Cl)c2F)N(C)N)C1. The second kappa shape index (κ2) is 7.73. The van der Waals surface area contributed by atoms with Crippen LogP contribution in [0.5, 0.6) is 0 Å². The first-order chi connectivity index (χ1) is 10.8. The number of nitrogens with zero attached hydrogens (tertiary/aromatic N) is 1. The molecule has 128 valence electrons. The maximum absolute atomic E-state index is 14.3. The molecule has 2 rings (SSSR count). The van der Waals surface area contributed by atoms with Crippen molar-refractivity contribution < 1.29 is 8.78 Å². The highest BCUT2D eigenvalue weighted by Gasteiger charge is 2.27. The van der Waals surface area contributed by atoms with Gasteiger partial charge in [0.05, 0.1) is 11.1 Å². The Kier molecular flexibility index (Phi) is 6.18. The average Bonchev–Trinajstić information content (AvgIpc) is 2.45. The van der Waals surface area contributed by atoms with E-state index in [1.807, 2.05) is 0 Å². The lowest BCUT2D eigenvalue weighted by atomic mass is 9.77. The summed E-state index contributed by atoms with van der Waals surface area (Å²) in [5.74, 6) is 5.67. The molecule has 0 aliphatic heterocycles. The van der Waals surface area contributed by atoms with Crippen molar-refractivity contribution in [1.29, 1.82) is 0 Å². The van der Waals surface area contributed by atoms with Crippen molar-refractivity contribution in [3.8, 4) is 0 Å². The highest BCUT2D eigenvalue weighted by atomic mass is 35.5. The van der Waals surface area contributed by atoms with Crippen LogP contribution in [0, 0.1) is 23.5 Å². The Morgan fingerprint density at radius 2 is 2.09 bits per heavy atom. The average molecular weight is 343 g/mol. The van der Waals surface area contributed by atoms with E-state index < -0.39 is 17.7 Å². The molecule has 1 aliphatic rings. The van der Waals surface area contributed by atoms with E-state index in [0.29, 0.717) is 18.3 Å². The van der Waals surface area contributed by atoms with E-state index in [-0.39, 0.29) is 10.6 Å². The van der Waals surface area contributed by atoms with Crippen LogP contribution in [-0.4, -0.2) is 12.1 Å². The lowest BCUT2D eigenvalue weighted by Gasteiger charge is -2.31. The van der Waals surface area contributed by atoms with Crippen LogP contribution in [0.1, 0.15) is 50.6 Å². The number of hydrazine groups is 1. The number of benzene rings is 1. The number of hydrogen-bond donors (Lipinski definition) is 1. The third-order valence-corrected chi connectivity index (χ3v) is 4.99. The number of nitrogens with two attached hydrogens (primary N) is 1. The molecule has 1 aromatic carbocycles. The van der Waals surface area contributed by atoms with E-state index in [9.17, 15) is 8.78 Å². The minimum Gasteiger partial charge on any atom is -0.268 e. The van der Waals surface area contributed by atoms with Crippen molar-refractivity contribution in [2.24, 2.45) is 17.7 Å². The molecule has 2 N–H and O–H groups in total. The highest BCUT2D eigenvalue weighted by molar-refractivity contribution is 6.30. The summed E-state index contributed by atoms with van der Waals surface area (Å²) in [5.41, 5.74) is 1.23. The van der Waals surface area contributed by atoms with Crippen LogP contribution in [0.15, 0.2) is 24.3 Å². The minimum absolute atomic E-state index is 0.0369. The largest absolute Gasteiger partial charge is 0.268 e. The van der Waals surface area contributed by atoms with E-state index >= 15 is 0 Å². The second-order valence-electron chi connectivity index (χ2n) is 6.88. The maximum atomic E-state index is 14.3. The van der Waals surface area contributed by atoms with Crippen LogP contribution in [-0.2, 0) is 0 Å². The Morgan fingerprint density at radius 1 is 1.39 bits per heavy atom. The molecule has 1 aliphatic carbocycles. The fraction of sp³-hybridized carbons (Fsp3) is 0.556. The van der Waals surface area contributed by atoms with Crippen LogP contribution < -0.4 is 5.84 Å². The molecule has 0 spiro atoms. The molecule has 0 bridgehead atoms. The van der Waals surface area contributed by atoms with Crippen LogP contribution in [0.3, 0.4) is 0 Å². The van der Waals surface area contributed by atoms with Crippen molar-refractivity contribution >= 4 is 11.6 Å². The zero-order chi connectivity index (χ0) is 17.1. The molecule has 5 heteroatoms. The molecule has 23 heavy (non-hydrogen) atoms. The molecule has 0 radical (unpaired) electrons. The minimum atomic E-state index is -0.713. The highest BCUT2D eigenvalue weighted by Crippen LogP contribution is 2.38. The van der Waals surface area contributed by atoms with Crippen LogP contribution in [0.4, 0.5) is 8.78 Å². The molecule has 0 amide bonds. The van der Waals surface area contributed by atoms with Gasteiger partial charge < -0.3 is 0 Å². The molecule has 3 atom stereocenters. The predicted molar refractivity (Wildman–Crippen MR) is 90.9 cm³/mol. The van der Waals surface area contributed by atoms with Crippen LogP contribution in [0.2, 0.25) is 5.02 Å². The maximum Gasteiger partial charge on any atom is 0.149 e. The molecule has 0 aromatic heterocycles. The first kappa shape index (κ1) is 18.4. The van der Waals surface area contributed by atoms with E-state index in [1.54, 1.807) is 7.05 Å². The van der Waals surface area contributed by atoms with Crippen molar-refractivity contribution in [2.75, 3.05) is 7.05 Å². The van der Waals surface area contributed by atoms with Gasteiger partial charge in [-0.25, -0.2) is 13.8 Å². The second-order valence-corrected chi connectivity index (χ2v) is 7.29. The van der Waals surface area contributed by atoms with Gasteiger partial charge in [-0.3, -0.25) is 5.84 Å². The van der Waals surface area contributed by atoms with Gasteiger partial charge in [-0.1, -0.05) is 30.7 Å². The Hall–Kier alpha value is -0.970. The summed E-state index contributed by atoms with van der Waals surface area (Å²) in [5, 5.41) is 1.30. The summed E-state index contributed by atoms with van der Waals surface area (Å²) in [6.45, 7) is 6.32. The van der Waals surface area contributed by atoms with Gasteiger partial charge >= 0.3 is 0 Å². The monoisotopic (exact) mass is 342 g/mol. The van der Waals surface area contributed by atoms with Gasteiger partial charge in [0.25, 0.3) is 0 Å². The summed E-state index contributed by atoms with van der Waals surface area (Å²) in [6, 6.07) is 1.90. The van der Waals surface area contributed by atoms with Gasteiger partial charge in [-0.15, -0.1) is 0 Å². The molecule has 0 heterocycles. The molecule has 1 saturated carbocycles. The molecule has 0 saturated heterocycles. The van der Waals surface area contributed by atoms with E-state index in [2.05, 4.69) is 13.5 Å². The lowest BCUT2D eigenvalue weighted by Crippen LogP contribution is -2.33. The zero-order valence-electron chi connectivity index (χ0n) is 13.8. The van der Waals surface area contributed by atoms with Crippen LogP contribution >= 0.6 is 11.6 Å². The number of hydrogen-bond acceptors (Lipinski definition) is 2. The van der Waals surface area contributed by atoms with Crippen molar-refractivity contribution in [1.82, 2.24) is 5.01 Å². The summed E-state index contributed by atoms with van der Waals surface area (Å²) in [7, 11) is 1.63. The number of halogens is 3. The summed E-state index contributed by atoms with van der Waals surface area (Å²) in [4.78, 5) is 0. The first-order valence-electron chi connectivity index (χ1n) is 8.07. The normalized spacial score (nSPS) is 23.3. The molecule has 1 fully saturated rings. The van der Waals surface area contributed by atoms with Gasteiger partial charge in [-0.05, 0) is 56.1 Å². The lowest BCUT2D eigenvalue weighted by molar-refractivity contribution is 0.204. The quantitative estimate of drug-likeness (QED) is 0.343. The smallest absolute Gasteiger partial charge is 0.149 e. The fourth-order valence-corrected chi connectivity index (χ4v) is 3.90. The molecule has 2 nitrogen and oxygen atoms in total. The Labute approximate surface area is 142 Å². The van der Waals surface area contributed by atoms with E-state index in [0.717, 1.165) is 25.7 Å². The zero-order valence-corrected chi connectivity index (χ0v) is 14.5. The van der Waals surface area contributed by atoms with Gasteiger partial charge in [-0.2, -0.15) is 0 Å². The predicted octanol–water partition coefficient (Wildman–Crippen LogP) is 5.24. The first-order valence-corrected chi connectivity index (χ1v) is 8.45. The molecule has 1 aromatic rings. The van der Waals surface area contributed by atoms with E-state index in [1.165, 1.54) is 22.7 Å². The summed E-state index contributed by atoms with van der Waals surface area (Å²) in [6.07, 6.45) is 4.65. The van der Waals surface area contributed by atoms with Gasteiger partial charge in [0.15, 0.2) is 0 Å². The Balaban J connectivity index is 2.14. The fourth-order valence-electron chi connectivity index (χ4n) is 3.73. The van der Waals surface area contributed by atoms with Gasteiger partial charge in [0.1, 0.15) is 11.6 Å². The molecular formula is C18H25ClF2N2.